The van der Waals surface area contributed by atoms with Gasteiger partial charge in [0.1, 0.15) is 6.61 Å². The summed E-state index contributed by atoms with van der Waals surface area (Å²) in [4.78, 5) is 26.4. The highest BCUT2D eigenvalue weighted by Gasteiger charge is 2.27. The van der Waals surface area contributed by atoms with Crippen molar-refractivity contribution in [1.82, 2.24) is 4.90 Å². The number of nitrogens with one attached hydrogen (secondary N) is 1. The van der Waals surface area contributed by atoms with E-state index in [9.17, 15) is 22.8 Å². The Morgan fingerprint density at radius 1 is 1.07 bits per heavy atom. The number of hydrogen-bond acceptors (Lipinski definition) is 4. The van der Waals surface area contributed by atoms with E-state index in [1.807, 2.05) is 0 Å². The van der Waals surface area contributed by atoms with Crippen molar-refractivity contribution in [3.8, 4) is 0 Å². The van der Waals surface area contributed by atoms with Crippen LogP contribution in [0.15, 0.2) is 53.4 Å². The topological polar surface area (TPSA) is 58.6 Å². The second-order valence-electron chi connectivity index (χ2n) is 6.02. The Morgan fingerprint density at radius 2 is 1.71 bits per heavy atom. The second kappa shape index (κ2) is 9.61. The zero-order chi connectivity index (χ0) is 20.7. The van der Waals surface area contributed by atoms with E-state index < -0.39 is 18.7 Å². The molecule has 2 rings (SSSR count). The molecular weight excluding hydrogens is 393 g/mol. The summed E-state index contributed by atoms with van der Waals surface area (Å²) in [6.07, 6.45) is -4.38. The first-order chi connectivity index (χ1) is 13.2. The molecule has 2 amide bonds. The third kappa shape index (κ3) is 6.90. The Hall–Kier alpha value is -2.52. The van der Waals surface area contributed by atoms with Crippen LogP contribution in [0.5, 0.6) is 0 Å². The maximum atomic E-state index is 12.4. The molecule has 0 bridgehead atoms. The fraction of sp³-hybridized carbons (Fsp3) is 0.263. The third-order valence-electron chi connectivity index (χ3n) is 3.45. The van der Waals surface area contributed by atoms with Crippen molar-refractivity contribution >= 4 is 28.6 Å². The third-order valence-corrected chi connectivity index (χ3v) is 4.56. The lowest BCUT2D eigenvalue weighted by Gasteiger charge is -2.13. The van der Waals surface area contributed by atoms with E-state index in [4.69, 9.17) is 0 Å². The van der Waals surface area contributed by atoms with Crippen molar-refractivity contribution < 1.29 is 27.5 Å². The lowest BCUT2D eigenvalue weighted by molar-refractivity contribution is -0.176. The Labute approximate surface area is 164 Å². The molecule has 0 fully saturated rings. The molecule has 0 radical (unpaired) electrons. The number of benzene rings is 2. The summed E-state index contributed by atoms with van der Waals surface area (Å²) in [5.74, 6) is -0.395. The molecule has 0 saturated heterocycles. The zero-order valence-corrected chi connectivity index (χ0v) is 16.1. The highest BCUT2D eigenvalue weighted by atomic mass is 32.2. The first-order valence-corrected chi connectivity index (χ1v) is 9.00. The predicted octanol–water partition coefficient (Wildman–Crippen LogP) is 4.79. The van der Waals surface area contributed by atoms with E-state index in [0.717, 1.165) is 11.8 Å². The number of carbonyl (C=O) groups excluding carboxylic acids is 2. The normalized spacial score (nSPS) is 11.2. The fourth-order valence-electron chi connectivity index (χ4n) is 2.08. The van der Waals surface area contributed by atoms with Gasteiger partial charge in [-0.05, 0) is 41.6 Å². The number of halogens is 3. The minimum atomic E-state index is -4.38. The summed E-state index contributed by atoms with van der Waals surface area (Å²) in [5.41, 5.74) is 1.34. The monoisotopic (exact) mass is 412 g/mol. The van der Waals surface area contributed by atoms with Crippen LogP contribution >= 0.6 is 11.8 Å². The van der Waals surface area contributed by atoms with Gasteiger partial charge in [0.05, 0.1) is 12.3 Å². The second-order valence-corrected chi connectivity index (χ2v) is 7.01. The Morgan fingerprint density at radius 3 is 2.32 bits per heavy atom. The van der Waals surface area contributed by atoms with E-state index in [-0.39, 0.29) is 11.8 Å². The molecule has 5 nitrogen and oxygen atoms in total. The van der Waals surface area contributed by atoms with Crippen molar-refractivity contribution in [1.29, 1.82) is 0 Å². The number of hydrogen-bond donors (Lipinski definition) is 1. The molecule has 28 heavy (non-hydrogen) atoms. The molecule has 0 saturated carbocycles. The van der Waals surface area contributed by atoms with Crippen LogP contribution in [0.4, 0.5) is 23.7 Å². The number of rotatable bonds is 6. The molecule has 9 heteroatoms. The average Bonchev–Trinajstić information content (AvgIpc) is 2.62. The first kappa shape index (κ1) is 21.8. The van der Waals surface area contributed by atoms with Crippen LogP contribution in [-0.4, -0.2) is 42.9 Å². The van der Waals surface area contributed by atoms with Crippen LogP contribution in [0.1, 0.15) is 15.9 Å². The lowest BCUT2D eigenvalue weighted by atomic mass is 10.1. The van der Waals surface area contributed by atoms with Crippen LogP contribution < -0.4 is 5.32 Å². The quantitative estimate of drug-likeness (QED) is 0.693. The van der Waals surface area contributed by atoms with E-state index in [2.05, 4.69) is 10.1 Å². The number of para-hydroxylation sites is 1. The molecule has 0 aliphatic carbocycles. The summed E-state index contributed by atoms with van der Waals surface area (Å²) in [6.45, 7) is -1.52. The summed E-state index contributed by atoms with van der Waals surface area (Å²) in [7, 11) is 3.27. The molecule has 1 N–H and O–H groups in total. The molecule has 150 valence electrons. The van der Waals surface area contributed by atoms with Gasteiger partial charge < -0.3 is 15.0 Å². The number of nitrogens with zero attached hydrogens (tertiary/aromatic N) is 1. The highest BCUT2D eigenvalue weighted by Crippen LogP contribution is 2.29. The SMILES string of the molecule is CN(C)C(=O)Sc1ccccc1NC(=O)c1ccc(COCC(F)(F)F)cc1. The molecule has 0 unspecified atom stereocenters. The van der Waals surface area contributed by atoms with Crippen molar-refractivity contribution in [2.24, 2.45) is 0 Å². The minimum absolute atomic E-state index is 0.176. The first-order valence-electron chi connectivity index (χ1n) is 8.18. The van der Waals surface area contributed by atoms with E-state index in [0.29, 0.717) is 21.7 Å². The number of alkyl halides is 3. The minimum Gasteiger partial charge on any atom is -0.367 e. The van der Waals surface area contributed by atoms with E-state index in [1.165, 1.54) is 29.2 Å². The van der Waals surface area contributed by atoms with E-state index >= 15 is 0 Å². The average molecular weight is 412 g/mol. The van der Waals surface area contributed by atoms with Crippen molar-refractivity contribution in [3.05, 3.63) is 59.7 Å². The van der Waals surface area contributed by atoms with Gasteiger partial charge in [0.15, 0.2) is 0 Å². The predicted molar refractivity (Wildman–Crippen MR) is 101 cm³/mol. The molecule has 0 aliphatic heterocycles. The Kier molecular flexibility index (Phi) is 7.47. The molecule has 0 aromatic heterocycles. The van der Waals surface area contributed by atoms with Gasteiger partial charge in [0.25, 0.3) is 11.1 Å². The van der Waals surface area contributed by atoms with Gasteiger partial charge in [-0.25, -0.2) is 0 Å². The van der Waals surface area contributed by atoms with E-state index in [1.54, 1.807) is 38.4 Å². The van der Waals surface area contributed by atoms with Gasteiger partial charge in [-0.15, -0.1) is 0 Å². The van der Waals surface area contributed by atoms with Gasteiger partial charge in [-0.2, -0.15) is 13.2 Å². The number of thioether (sulfide) groups is 1. The number of carbonyl (C=O) groups is 2. The maximum Gasteiger partial charge on any atom is 0.411 e. The largest absolute Gasteiger partial charge is 0.411 e. The van der Waals surface area contributed by atoms with Crippen molar-refractivity contribution in [3.63, 3.8) is 0 Å². The van der Waals surface area contributed by atoms with Gasteiger partial charge in [-0.1, -0.05) is 24.3 Å². The number of anilines is 1. The maximum absolute atomic E-state index is 12.4. The summed E-state index contributed by atoms with van der Waals surface area (Å²) >= 11 is 0.993. The standard InChI is InChI=1S/C19H19F3N2O3S/c1-24(2)18(26)28-16-6-4-3-5-15(16)23-17(25)14-9-7-13(8-10-14)11-27-12-19(20,21)22/h3-10H,11-12H2,1-2H3,(H,23,25). The van der Waals surface area contributed by atoms with Crippen LogP contribution in [0.2, 0.25) is 0 Å². The van der Waals surface area contributed by atoms with Gasteiger partial charge in [0.2, 0.25) is 0 Å². The molecular formula is C19H19F3N2O3S. The molecule has 0 atom stereocenters. The summed E-state index contributed by atoms with van der Waals surface area (Å²) in [6, 6.07) is 13.0. The molecule has 0 heterocycles. The Bertz CT molecular complexity index is 824. The molecule has 0 spiro atoms. The summed E-state index contributed by atoms with van der Waals surface area (Å²) in [5, 5.41) is 2.57. The smallest absolute Gasteiger partial charge is 0.367 e. The van der Waals surface area contributed by atoms with Crippen molar-refractivity contribution in [2.45, 2.75) is 17.7 Å². The van der Waals surface area contributed by atoms with Crippen molar-refractivity contribution in [2.75, 3.05) is 26.0 Å². The van der Waals surface area contributed by atoms with Crippen LogP contribution in [-0.2, 0) is 11.3 Å². The fourth-order valence-corrected chi connectivity index (χ4v) is 2.82. The lowest BCUT2D eigenvalue weighted by Crippen LogP contribution is -2.17. The number of amides is 2. The van der Waals surface area contributed by atoms with Crippen LogP contribution in [0.25, 0.3) is 0 Å². The van der Waals surface area contributed by atoms with Gasteiger partial charge >= 0.3 is 6.18 Å². The highest BCUT2D eigenvalue weighted by molar-refractivity contribution is 8.13. The Balaban J connectivity index is 2.01. The van der Waals surface area contributed by atoms with Crippen LogP contribution in [0.3, 0.4) is 0 Å². The molecule has 2 aromatic rings. The van der Waals surface area contributed by atoms with Crippen LogP contribution in [0, 0.1) is 0 Å². The van der Waals surface area contributed by atoms with Gasteiger partial charge in [0, 0.05) is 24.6 Å². The number of ether oxygens (including phenoxy) is 1. The van der Waals surface area contributed by atoms with Gasteiger partial charge in [-0.3, -0.25) is 9.59 Å². The summed E-state index contributed by atoms with van der Waals surface area (Å²) < 4.78 is 40.9. The molecule has 0 aliphatic rings. The molecule has 2 aromatic carbocycles. The zero-order valence-electron chi connectivity index (χ0n) is 15.2.